The fourth-order valence-corrected chi connectivity index (χ4v) is 6.64. The molecule has 1 aliphatic rings. The van der Waals surface area contributed by atoms with E-state index in [0.717, 1.165) is 15.8 Å². The molecular formula is C23H22N4O4S2. The van der Waals surface area contributed by atoms with Crippen molar-refractivity contribution in [1.29, 1.82) is 0 Å². The number of benzene rings is 2. The lowest BCUT2D eigenvalue weighted by atomic mass is 9.99. The van der Waals surface area contributed by atoms with Crippen LogP contribution in [0, 0.1) is 12.8 Å². The van der Waals surface area contributed by atoms with Crippen molar-refractivity contribution in [2.75, 3.05) is 18.4 Å². The van der Waals surface area contributed by atoms with Crippen molar-refractivity contribution in [2.45, 2.75) is 24.7 Å². The Bertz CT molecular complexity index is 1540. The molecular weight excluding hydrogens is 460 g/mol. The maximum Gasteiger partial charge on any atom is 0.248 e. The van der Waals surface area contributed by atoms with Crippen LogP contribution in [0.25, 0.3) is 21.1 Å². The van der Waals surface area contributed by atoms with Crippen LogP contribution in [0.5, 0.6) is 0 Å². The highest BCUT2D eigenvalue weighted by molar-refractivity contribution is 7.89. The minimum atomic E-state index is -3.78. The molecule has 0 aliphatic carbocycles. The van der Waals surface area contributed by atoms with Crippen molar-refractivity contribution >= 4 is 53.5 Å². The van der Waals surface area contributed by atoms with Crippen LogP contribution in [0.3, 0.4) is 0 Å². The summed E-state index contributed by atoms with van der Waals surface area (Å²) in [5.74, 6) is -0.680. The van der Waals surface area contributed by atoms with Gasteiger partial charge in [0.15, 0.2) is 5.13 Å². The van der Waals surface area contributed by atoms with Crippen LogP contribution in [-0.2, 0) is 14.8 Å². The van der Waals surface area contributed by atoms with Gasteiger partial charge in [-0.1, -0.05) is 17.4 Å². The molecule has 0 unspecified atom stereocenters. The highest BCUT2D eigenvalue weighted by Crippen LogP contribution is 2.29. The molecule has 1 saturated heterocycles. The minimum absolute atomic E-state index is 0.113. The van der Waals surface area contributed by atoms with Gasteiger partial charge in [0.05, 0.1) is 21.0 Å². The van der Waals surface area contributed by atoms with Crippen LogP contribution in [0.4, 0.5) is 5.13 Å². The second kappa shape index (κ2) is 8.36. The number of anilines is 1. The molecule has 170 valence electrons. The maximum atomic E-state index is 13.3. The first-order valence-electron chi connectivity index (χ1n) is 10.6. The first-order valence-corrected chi connectivity index (χ1v) is 12.9. The molecule has 0 radical (unpaired) electrons. The van der Waals surface area contributed by atoms with Crippen LogP contribution >= 0.6 is 11.3 Å². The Balaban J connectivity index is 1.34. The summed E-state index contributed by atoms with van der Waals surface area (Å²) in [6.07, 6.45) is 1.21. The van der Waals surface area contributed by atoms with Crippen molar-refractivity contribution in [1.82, 2.24) is 14.3 Å². The molecule has 10 heteroatoms. The molecule has 3 heterocycles. The number of fused-ring (bicyclic) bond motifs is 2. The third-order valence-electron chi connectivity index (χ3n) is 5.86. The van der Waals surface area contributed by atoms with Gasteiger partial charge in [-0.25, -0.2) is 13.4 Å². The SMILES string of the molecule is Cc1ccc2nc(NC(=O)[C@H]3CCCN(S(=O)(=O)c4ccc5[nH]c(=O)ccc5c4)C3)sc2c1. The van der Waals surface area contributed by atoms with Crippen LogP contribution in [0.15, 0.2) is 58.2 Å². The number of carbonyl (C=O) groups excluding carboxylic acids is 1. The Kier molecular flexibility index (Phi) is 5.51. The predicted octanol–water partition coefficient (Wildman–Crippen LogP) is 3.49. The summed E-state index contributed by atoms with van der Waals surface area (Å²) >= 11 is 1.41. The van der Waals surface area contributed by atoms with Crippen LogP contribution < -0.4 is 10.9 Å². The van der Waals surface area contributed by atoms with Crippen LogP contribution in [-0.4, -0.2) is 41.7 Å². The van der Waals surface area contributed by atoms with E-state index in [1.807, 2.05) is 25.1 Å². The first-order chi connectivity index (χ1) is 15.8. The molecule has 33 heavy (non-hydrogen) atoms. The van der Waals surface area contributed by atoms with E-state index in [1.54, 1.807) is 18.2 Å². The Labute approximate surface area is 194 Å². The van der Waals surface area contributed by atoms with Gasteiger partial charge in [-0.3, -0.25) is 9.59 Å². The van der Waals surface area contributed by atoms with Crippen molar-refractivity contribution in [3.63, 3.8) is 0 Å². The van der Waals surface area contributed by atoms with Gasteiger partial charge in [-0.05, 0) is 67.1 Å². The lowest BCUT2D eigenvalue weighted by Crippen LogP contribution is -2.43. The van der Waals surface area contributed by atoms with E-state index in [9.17, 15) is 18.0 Å². The van der Waals surface area contributed by atoms with E-state index in [1.165, 1.54) is 27.8 Å². The van der Waals surface area contributed by atoms with Crippen molar-refractivity contribution < 1.29 is 13.2 Å². The molecule has 2 aromatic carbocycles. The smallest absolute Gasteiger partial charge is 0.248 e. The minimum Gasteiger partial charge on any atom is -0.322 e. The van der Waals surface area contributed by atoms with Gasteiger partial charge in [0.2, 0.25) is 21.5 Å². The lowest BCUT2D eigenvalue weighted by molar-refractivity contribution is -0.120. The summed E-state index contributed by atoms with van der Waals surface area (Å²) in [5, 5.41) is 4.03. The number of H-pyrrole nitrogens is 1. The van der Waals surface area contributed by atoms with Crippen molar-refractivity contribution in [3.05, 3.63) is 64.4 Å². The number of hydrogen-bond acceptors (Lipinski definition) is 6. The Morgan fingerprint density at radius 3 is 2.88 bits per heavy atom. The number of nitrogens with zero attached hydrogens (tertiary/aromatic N) is 2. The number of sulfonamides is 1. The van der Waals surface area contributed by atoms with E-state index in [0.29, 0.717) is 35.4 Å². The zero-order valence-electron chi connectivity index (χ0n) is 17.9. The van der Waals surface area contributed by atoms with Gasteiger partial charge in [-0.2, -0.15) is 4.31 Å². The van der Waals surface area contributed by atoms with Gasteiger partial charge >= 0.3 is 0 Å². The molecule has 0 spiro atoms. The summed E-state index contributed by atoms with van der Waals surface area (Å²) in [6.45, 7) is 2.47. The molecule has 1 fully saturated rings. The zero-order valence-corrected chi connectivity index (χ0v) is 19.5. The molecule has 5 rings (SSSR count). The van der Waals surface area contributed by atoms with E-state index in [4.69, 9.17) is 0 Å². The average Bonchev–Trinajstić information content (AvgIpc) is 3.20. The van der Waals surface area contributed by atoms with Gasteiger partial charge in [0.25, 0.3) is 0 Å². The monoisotopic (exact) mass is 482 g/mol. The highest BCUT2D eigenvalue weighted by Gasteiger charge is 2.33. The molecule has 1 aliphatic heterocycles. The van der Waals surface area contributed by atoms with Gasteiger partial charge in [-0.15, -0.1) is 0 Å². The molecule has 2 N–H and O–H groups in total. The number of amides is 1. The second-order valence-electron chi connectivity index (χ2n) is 8.25. The largest absolute Gasteiger partial charge is 0.322 e. The third-order valence-corrected chi connectivity index (χ3v) is 8.66. The normalized spacial score (nSPS) is 17.4. The van der Waals surface area contributed by atoms with Crippen LogP contribution in [0.1, 0.15) is 18.4 Å². The molecule has 1 atom stereocenters. The number of carbonyl (C=O) groups is 1. The fourth-order valence-electron chi connectivity index (χ4n) is 4.11. The summed E-state index contributed by atoms with van der Waals surface area (Å²) in [6, 6.07) is 13.5. The zero-order chi connectivity index (χ0) is 23.2. The van der Waals surface area contributed by atoms with Crippen molar-refractivity contribution in [2.24, 2.45) is 5.92 Å². The predicted molar refractivity (Wildman–Crippen MR) is 129 cm³/mol. The Morgan fingerprint density at radius 2 is 2.03 bits per heavy atom. The van der Waals surface area contributed by atoms with Crippen molar-refractivity contribution in [3.8, 4) is 0 Å². The average molecular weight is 483 g/mol. The molecule has 0 bridgehead atoms. The van der Waals surface area contributed by atoms with Crippen LogP contribution in [0.2, 0.25) is 0 Å². The number of aryl methyl sites for hydroxylation is 1. The lowest BCUT2D eigenvalue weighted by Gasteiger charge is -2.31. The molecule has 8 nitrogen and oxygen atoms in total. The number of piperidine rings is 1. The molecule has 1 amide bonds. The summed E-state index contributed by atoms with van der Waals surface area (Å²) in [5.41, 5.74) is 2.28. The van der Waals surface area contributed by atoms with E-state index in [2.05, 4.69) is 15.3 Å². The number of nitrogens with one attached hydrogen (secondary N) is 2. The number of hydrogen-bond donors (Lipinski definition) is 2. The van der Waals surface area contributed by atoms with E-state index < -0.39 is 15.9 Å². The van der Waals surface area contributed by atoms with E-state index >= 15 is 0 Å². The Hall–Kier alpha value is -3.08. The topological polar surface area (TPSA) is 112 Å². The number of thiazole rings is 1. The fraction of sp³-hybridized carbons (Fsp3) is 0.261. The Morgan fingerprint density at radius 1 is 1.18 bits per heavy atom. The molecule has 0 saturated carbocycles. The number of rotatable bonds is 4. The third kappa shape index (κ3) is 4.29. The molecule has 2 aromatic heterocycles. The number of aromatic nitrogens is 2. The number of pyridine rings is 1. The van der Waals surface area contributed by atoms with E-state index in [-0.39, 0.29) is 22.9 Å². The number of aromatic amines is 1. The summed E-state index contributed by atoms with van der Waals surface area (Å²) in [7, 11) is -3.78. The van der Waals surface area contributed by atoms with Gasteiger partial charge in [0.1, 0.15) is 0 Å². The molecule has 4 aromatic rings. The second-order valence-corrected chi connectivity index (χ2v) is 11.2. The first kappa shape index (κ1) is 21.7. The quantitative estimate of drug-likeness (QED) is 0.462. The van der Waals surface area contributed by atoms with Gasteiger partial charge < -0.3 is 10.3 Å². The standard InChI is InChI=1S/C23H22N4O4S2/c1-14-4-7-19-20(11-14)32-23(25-19)26-22(29)16-3-2-10-27(13-16)33(30,31)17-6-8-18-15(12-17)5-9-21(28)24-18/h4-9,11-12,16H,2-3,10,13H2,1H3,(H,24,28)(H,25,26,29)/t16-/m0/s1. The highest BCUT2D eigenvalue weighted by atomic mass is 32.2. The maximum absolute atomic E-state index is 13.3. The summed E-state index contributed by atoms with van der Waals surface area (Å²) in [4.78, 5) is 31.7. The summed E-state index contributed by atoms with van der Waals surface area (Å²) < 4.78 is 28.9. The van der Waals surface area contributed by atoms with Gasteiger partial charge in [0, 0.05) is 24.7 Å².